The maximum Gasteiger partial charge on any atom is 0.573 e. The van der Waals surface area contributed by atoms with Crippen molar-refractivity contribution in [1.82, 2.24) is 14.8 Å². The molecule has 1 aromatic heterocycles. The molecule has 1 fully saturated rings. The van der Waals surface area contributed by atoms with Gasteiger partial charge in [0.15, 0.2) is 5.13 Å². The molecular weight excluding hydrogens is 497 g/mol. The van der Waals surface area contributed by atoms with Crippen LogP contribution in [0.4, 0.5) is 18.3 Å². The molecule has 2 aliphatic carbocycles. The summed E-state index contributed by atoms with van der Waals surface area (Å²) in [6, 6.07) is 6.73. The van der Waals surface area contributed by atoms with Crippen molar-refractivity contribution in [3.63, 3.8) is 0 Å². The summed E-state index contributed by atoms with van der Waals surface area (Å²) in [5, 5.41) is 6.36. The van der Waals surface area contributed by atoms with Crippen LogP contribution in [0.2, 0.25) is 0 Å². The number of aromatic nitrogens is 1. The number of nitrogens with zero attached hydrogens (tertiary/aromatic N) is 3. The number of para-hydroxylation sites is 1. The normalized spacial score (nSPS) is 20.6. The van der Waals surface area contributed by atoms with Gasteiger partial charge in [-0.3, -0.25) is 9.80 Å². The van der Waals surface area contributed by atoms with Crippen LogP contribution in [0.3, 0.4) is 0 Å². The second kappa shape index (κ2) is 11.4. The standard InChI is InChI=1S/C28H33F3N4OS/c1-34-15-14-23-24(11-7-12-25(23)34)33-27-32-22(19-37-27)18-35(16-20-8-3-2-4-9-20)17-21-10-5-6-13-26(21)36-28(29,30)31/h5-7,10-14,19-20,25H,2-4,8-9,15-18H2,1H3,(H,32,33). The molecule has 3 aliphatic rings. The number of nitrogens with one attached hydrogen (secondary N) is 1. The molecule has 2 heterocycles. The molecule has 0 spiro atoms. The second-order valence-electron chi connectivity index (χ2n) is 10.1. The molecule has 0 bridgehead atoms. The average Bonchev–Trinajstić information content (AvgIpc) is 3.47. The van der Waals surface area contributed by atoms with E-state index in [0.717, 1.165) is 42.5 Å². The number of fused-ring (bicyclic) bond motifs is 1. The van der Waals surface area contributed by atoms with Gasteiger partial charge in [-0.1, -0.05) is 55.7 Å². The molecular formula is C28H33F3N4OS. The Bertz CT molecular complexity index is 1170. The zero-order chi connectivity index (χ0) is 25.8. The van der Waals surface area contributed by atoms with E-state index >= 15 is 0 Å². The highest BCUT2D eigenvalue weighted by molar-refractivity contribution is 7.13. The number of thiazole rings is 1. The molecule has 5 rings (SSSR count). The van der Waals surface area contributed by atoms with E-state index in [4.69, 9.17) is 4.98 Å². The Morgan fingerprint density at radius 3 is 2.78 bits per heavy atom. The Hall–Kier alpha value is -2.62. The summed E-state index contributed by atoms with van der Waals surface area (Å²) in [6.45, 7) is 2.70. The van der Waals surface area contributed by atoms with E-state index in [-0.39, 0.29) is 11.8 Å². The minimum atomic E-state index is -4.72. The van der Waals surface area contributed by atoms with E-state index in [1.807, 2.05) is 5.38 Å². The molecule has 1 aliphatic heterocycles. The number of ether oxygens (including phenoxy) is 1. The lowest BCUT2D eigenvalue weighted by molar-refractivity contribution is -0.275. The lowest BCUT2D eigenvalue weighted by Gasteiger charge is -2.30. The van der Waals surface area contributed by atoms with E-state index < -0.39 is 6.36 Å². The van der Waals surface area contributed by atoms with Gasteiger partial charge in [-0.2, -0.15) is 0 Å². The Kier molecular flexibility index (Phi) is 8.02. The van der Waals surface area contributed by atoms with Gasteiger partial charge < -0.3 is 10.1 Å². The van der Waals surface area contributed by atoms with E-state index in [9.17, 15) is 13.2 Å². The minimum Gasteiger partial charge on any atom is -0.405 e. The smallest absolute Gasteiger partial charge is 0.405 e. The van der Waals surface area contributed by atoms with Crippen molar-refractivity contribution in [3.8, 4) is 5.75 Å². The highest BCUT2D eigenvalue weighted by Crippen LogP contribution is 2.32. The summed E-state index contributed by atoms with van der Waals surface area (Å²) in [5.74, 6) is 0.411. The van der Waals surface area contributed by atoms with E-state index in [1.165, 1.54) is 30.9 Å². The summed E-state index contributed by atoms with van der Waals surface area (Å²) >= 11 is 1.56. The van der Waals surface area contributed by atoms with Crippen molar-refractivity contribution < 1.29 is 17.9 Å². The van der Waals surface area contributed by atoms with Gasteiger partial charge in [0.25, 0.3) is 0 Å². The summed E-state index contributed by atoms with van der Waals surface area (Å²) in [7, 11) is 2.11. The van der Waals surface area contributed by atoms with Crippen molar-refractivity contribution in [3.05, 3.63) is 76.5 Å². The fourth-order valence-electron chi connectivity index (χ4n) is 5.50. The Morgan fingerprint density at radius 2 is 1.97 bits per heavy atom. The lowest BCUT2D eigenvalue weighted by atomic mass is 9.89. The van der Waals surface area contributed by atoms with Crippen molar-refractivity contribution in [2.24, 2.45) is 5.92 Å². The Balaban J connectivity index is 1.30. The molecule has 1 aromatic carbocycles. The van der Waals surface area contributed by atoms with Gasteiger partial charge in [0.1, 0.15) is 5.75 Å². The quantitative estimate of drug-likeness (QED) is 0.389. The molecule has 0 radical (unpaired) electrons. The number of likely N-dealkylation sites (N-methyl/N-ethyl adjacent to an activating group) is 1. The topological polar surface area (TPSA) is 40.6 Å². The van der Waals surface area contributed by atoms with Crippen LogP contribution in [0.1, 0.15) is 43.4 Å². The third-order valence-electron chi connectivity index (χ3n) is 7.27. The van der Waals surface area contributed by atoms with Gasteiger partial charge in [0, 0.05) is 42.8 Å². The summed E-state index contributed by atoms with van der Waals surface area (Å²) in [4.78, 5) is 9.35. The third kappa shape index (κ3) is 6.83. The molecule has 1 atom stereocenters. The molecule has 1 saturated carbocycles. The number of halogens is 3. The van der Waals surface area contributed by atoms with Crippen molar-refractivity contribution in [2.45, 2.75) is 57.6 Å². The zero-order valence-corrected chi connectivity index (χ0v) is 21.8. The zero-order valence-electron chi connectivity index (χ0n) is 21.0. The monoisotopic (exact) mass is 530 g/mol. The number of allylic oxidation sites excluding steroid dienone is 2. The molecule has 1 N–H and O–H groups in total. The SMILES string of the molecule is CN1CC=C2C(Nc3nc(CN(Cc4ccccc4OC(F)(F)F)CC4CCCCC4)cs3)=CC=CC21. The maximum atomic E-state index is 13.0. The van der Waals surface area contributed by atoms with E-state index in [0.29, 0.717) is 24.6 Å². The average molecular weight is 531 g/mol. The van der Waals surface area contributed by atoms with Gasteiger partial charge in [-0.15, -0.1) is 24.5 Å². The molecule has 198 valence electrons. The molecule has 9 heteroatoms. The number of anilines is 1. The lowest BCUT2D eigenvalue weighted by Crippen LogP contribution is -2.30. The predicted octanol–water partition coefficient (Wildman–Crippen LogP) is 6.73. The number of rotatable bonds is 9. The third-order valence-corrected chi connectivity index (χ3v) is 8.08. The fourth-order valence-corrected chi connectivity index (χ4v) is 6.22. The van der Waals surface area contributed by atoms with Crippen LogP contribution in [0.15, 0.2) is 65.2 Å². The van der Waals surface area contributed by atoms with Gasteiger partial charge in [-0.05, 0) is 43.5 Å². The van der Waals surface area contributed by atoms with Crippen molar-refractivity contribution >= 4 is 16.5 Å². The van der Waals surface area contributed by atoms with Crippen LogP contribution in [0.25, 0.3) is 0 Å². The second-order valence-corrected chi connectivity index (χ2v) is 11.0. The van der Waals surface area contributed by atoms with Crippen LogP contribution in [0.5, 0.6) is 5.75 Å². The largest absolute Gasteiger partial charge is 0.573 e. The first kappa shape index (κ1) is 26.0. The van der Waals surface area contributed by atoms with Gasteiger partial charge in [-0.25, -0.2) is 4.98 Å². The predicted molar refractivity (Wildman–Crippen MR) is 141 cm³/mol. The Labute approximate surface area is 220 Å². The highest BCUT2D eigenvalue weighted by atomic mass is 32.1. The van der Waals surface area contributed by atoms with Gasteiger partial charge >= 0.3 is 6.36 Å². The number of benzene rings is 1. The molecule has 5 nitrogen and oxygen atoms in total. The first-order valence-corrected chi connectivity index (χ1v) is 13.8. The number of hydrogen-bond donors (Lipinski definition) is 1. The van der Waals surface area contributed by atoms with Gasteiger partial charge in [0.2, 0.25) is 0 Å². The maximum absolute atomic E-state index is 13.0. The van der Waals surface area contributed by atoms with Crippen LogP contribution in [0, 0.1) is 5.92 Å². The Morgan fingerprint density at radius 1 is 1.16 bits per heavy atom. The molecule has 37 heavy (non-hydrogen) atoms. The fraction of sp³-hybridized carbons (Fsp3) is 0.464. The summed E-state index contributed by atoms with van der Waals surface area (Å²) in [5.41, 5.74) is 3.78. The highest BCUT2D eigenvalue weighted by Gasteiger charge is 2.32. The number of hydrogen-bond acceptors (Lipinski definition) is 6. The van der Waals surface area contributed by atoms with Crippen molar-refractivity contribution in [1.29, 1.82) is 0 Å². The molecule has 2 aromatic rings. The van der Waals surface area contributed by atoms with Crippen LogP contribution in [-0.4, -0.2) is 47.3 Å². The van der Waals surface area contributed by atoms with E-state index in [2.05, 4.69) is 51.2 Å². The van der Waals surface area contributed by atoms with Gasteiger partial charge in [0.05, 0.1) is 11.7 Å². The van der Waals surface area contributed by atoms with Crippen LogP contribution >= 0.6 is 11.3 Å². The molecule has 0 saturated heterocycles. The first-order chi connectivity index (χ1) is 17.8. The molecule has 1 unspecified atom stereocenters. The number of alkyl halides is 3. The summed E-state index contributed by atoms with van der Waals surface area (Å²) < 4.78 is 43.4. The first-order valence-electron chi connectivity index (χ1n) is 12.9. The summed E-state index contributed by atoms with van der Waals surface area (Å²) in [6.07, 6.45) is 9.89. The van der Waals surface area contributed by atoms with Crippen LogP contribution < -0.4 is 10.1 Å². The van der Waals surface area contributed by atoms with Crippen LogP contribution in [-0.2, 0) is 13.1 Å². The van der Waals surface area contributed by atoms with E-state index in [1.54, 1.807) is 29.5 Å². The minimum absolute atomic E-state index is 0.133. The molecule has 0 amide bonds. The van der Waals surface area contributed by atoms with Crippen molar-refractivity contribution in [2.75, 3.05) is 25.5 Å².